The van der Waals surface area contributed by atoms with E-state index >= 15 is 0 Å². The highest BCUT2D eigenvalue weighted by molar-refractivity contribution is 6.32. The highest BCUT2D eigenvalue weighted by atomic mass is 35.5. The molecule has 0 atom stereocenters. The zero-order valence-electron chi connectivity index (χ0n) is 10.6. The van der Waals surface area contributed by atoms with Crippen molar-refractivity contribution in [3.8, 4) is 0 Å². The molecule has 0 radical (unpaired) electrons. The van der Waals surface area contributed by atoms with E-state index in [0.717, 1.165) is 11.4 Å². The zero-order chi connectivity index (χ0) is 13.1. The number of fused-ring (bicyclic) bond motifs is 1. The summed E-state index contributed by atoms with van der Waals surface area (Å²) in [6.45, 7) is 5.29. The van der Waals surface area contributed by atoms with Gasteiger partial charge >= 0.3 is 0 Å². The van der Waals surface area contributed by atoms with Gasteiger partial charge in [0.05, 0.1) is 18.9 Å². The summed E-state index contributed by atoms with van der Waals surface area (Å²) < 4.78 is 12.2. The summed E-state index contributed by atoms with van der Waals surface area (Å²) in [7, 11) is 1.63. The molecule has 0 unspecified atom stereocenters. The second kappa shape index (κ2) is 5.60. The number of aromatic nitrogens is 4. The molecule has 0 aromatic carbocycles. The number of rotatable bonds is 5. The summed E-state index contributed by atoms with van der Waals surface area (Å²) in [5.74, 6) is 0.714. The van der Waals surface area contributed by atoms with Gasteiger partial charge in [-0.05, 0) is 13.8 Å². The van der Waals surface area contributed by atoms with E-state index in [1.165, 1.54) is 0 Å². The van der Waals surface area contributed by atoms with Gasteiger partial charge in [-0.3, -0.25) is 4.40 Å². The first-order valence-electron chi connectivity index (χ1n) is 5.58. The van der Waals surface area contributed by atoms with Crippen molar-refractivity contribution in [2.24, 2.45) is 0 Å². The largest absolute Gasteiger partial charge is 0.382 e. The molecule has 18 heavy (non-hydrogen) atoms. The molecule has 2 heterocycles. The molecule has 7 heteroatoms. The van der Waals surface area contributed by atoms with Gasteiger partial charge in [-0.1, -0.05) is 11.6 Å². The summed E-state index contributed by atoms with van der Waals surface area (Å²) >= 11 is 6.04. The molecule has 2 aromatic rings. The SMILES string of the molecule is COCCOCc1nnc2c(Cl)nc(C)c(C)n12. The van der Waals surface area contributed by atoms with Crippen molar-refractivity contribution in [1.29, 1.82) is 0 Å². The first kappa shape index (κ1) is 13.2. The van der Waals surface area contributed by atoms with Crippen LogP contribution in [0.3, 0.4) is 0 Å². The molecule has 0 bridgehead atoms. The molecule has 0 N–H and O–H groups in total. The van der Waals surface area contributed by atoms with Gasteiger partial charge in [-0.2, -0.15) is 0 Å². The molecular formula is C11H15ClN4O2. The number of hydrogen-bond acceptors (Lipinski definition) is 5. The van der Waals surface area contributed by atoms with Crippen LogP contribution >= 0.6 is 11.6 Å². The van der Waals surface area contributed by atoms with Crippen LogP contribution in [0.1, 0.15) is 17.2 Å². The Hall–Kier alpha value is -1.24. The van der Waals surface area contributed by atoms with E-state index in [4.69, 9.17) is 21.1 Å². The second-order valence-corrected chi connectivity index (χ2v) is 4.25. The third-order valence-electron chi connectivity index (χ3n) is 2.70. The molecule has 2 rings (SSSR count). The van der Waals surface area contributed by atoms with E-state index in [1.807, 2.05) is 18.2 Å². The lowest BCUT2D eigenvalue weighted by Gasteiger charge is -2.07. The summed E-state index contributed by atoms with van der Waals surface area (Å²) in [5.41, 5.74) is 2.38. The standard InChI is InChI=1S/C11H15ClN4O2/c1-7-8(2)16-9(6-18-5-4-17-3)14-15-11(16)10(12)13-7/h4-6H2,1-3H3. The third-order valence-corrected chi connectivity index (χ3v) is 2.96. The minimum absolute atomic E-state index is 0.355. The summed E-state index contributed by atoms with van der Waals surface area (Å²) in [4.78, 5) is 4.21. The number of halogens is 1. The maximum atomic E-state index is 6.04. The first-order chi connectivity index (χ1) is 8.65. The Labute approximate surface area is 110 Å². The molecule has 0 saturated carbocycles. The summed E-state index contributed by atoms with van der Waals surface area (Å²) in [5, 5.41) is 8.46. The maximum Gasteiger partial charge on any atom is 0.198 e. The lowest BCUT2D eigenvalue weighted by atomic mass is 10.3. The minimum atomic E-state index is 0.355. The Kier molecular flexibility index (Phi) is 4.11. The van der Waals surface area contributed by atoms with Crippen molar-refractivity contribution in [2.45, 2.75) is 20.5 Å². The van der Waals surface area contributed by atoms with Crippen molar-refractivity contribution in [2.75, 3.05) is 20.3 Å². The van der Waals surface area contributed by atoms with Crippen LogP contribution in [0.4, 0.5) is 0 Å². The van der Waals surface area contributed by atoms with Crippen LogP contribution in [0.25, 0.3) is 5.65 Å². The first-order valence-corrected chi connectivity index (χ1v) is 5.96. The van der Waals surface area contributed by atoms with Gasteiger partial charge in [-0.25, -0.2) is 4.98 Å². The van der Waals surface area contributed by atoms with E-state index in [9.17, 15) is 0 Å². The molecular weight excluding hydrogens is 256 g/mol. The number of ether oxygens (including phenoxy) is 2. The van der Waals surface area contributed by atoms with Crippen molar-refractivity contribution in [3.63, 3.8) is 0 Å². The molecule has 0 spiro atoms. The third kappa shape index (κ3) is 2.45. The smallest absolute Gasteiger partial charge is 0.198 e. The number of hydrogen-bond donors (Lipinski definition) is 0. The van der Waals surface area contributed by atoms with Gasteiger partial charge in [0.25, 0.3) is 0 Å². The van der Waals surface area contributed by atoms with Gasteiger partial charge in [0.15, 0.2) is 16.6 Å². The van der Waals surface area contributed by atoms with Gasteiger partial charge in [0.2, 0.25) is 0 Å². The highest BCUT2D eigenvalue weighted by Gasteiger charge is 2.13. The van der Waals surface area contributed by atoms with Crippen LogP contribution in [0.15, 0.2) is 0 Å². The van der Waals surface area contributed by atoms with Crippen LogP contribution in [-0.2, 0) is 16.1 Å². The van der Waals surface area contributed by atoms with Crippen molar-refractivity contribution in [3.05, 3.63) is 22.4 Å². The molecule has 0 aliphatic rings. The minimum Gasteiger partial charge on any atom is -0.382 e. The summed E-state index contributed by atoms with van der Waals surface area (Å²) in [6, 6.07) is 0. The molecule has 2 aromatic heterocycles. The Morgan fingerprint density at radius 3 is 2.72 bits per heavy atom. The molecule has 0 amide bonds. The van der Waals surface area contributed by atoms with Crippen LogP contribution < -0.4 is 0 Å². The van der Waals surface area contributed by atoms with Crippen LogP contribution in [-0.4, -0.2) is 39.9 Å². The van der Waals surface area contributed by atoms with Crippen LogP contribution in [0, 0.1) is 13.8 Å². The average molecular weight is 271 g/mol. The Bertz CT molecular complexity index is 555. The molecule has 98 valence electrons. The van der Waals surface area contributed by atoms with E-state index in [1.54, 1.807) is 7.11 Å². The van der Waals surface area contributed by atoms with Crippen LogP contribution in [0.5, 0.6) is 0 Å². The Balaban J connectivity index is 2.29. The Morgan fingerprint density at radius 2 is 2.00 bits per heavy atom. The predicted octanol–water partition coefficient (Wildman–Crippen LogP) is 1.56. The lowest BCUT2D eigenvalue weighted by molar-refractivity contribution is 0.0582. The van der Waals surface area contributed by atoms with E-state index in [-0.39, 0.29) is 0 Å². The average Bonchev–Trinajstić information content (AvgIpc) is 2.76. The quantitative estimate of drug-likeness (QED) is 0.772. The zero-order valence-corrected chi connectivity index (χ0v) is 11.4. The number of nitrogens with zero attached hydrogens (tertiary/aromatic N) is 4. The normalized spacial score (nSPS) is 11.3. The van der Waals surface area contributed by atoms with Crippen molar-refractivity contribution < 1.29 is 9.47 Å². The van der Waals surface area contributed by atoms with E-state index < -0.39 is 0 Å². The number of aryl methyl sites for hydroxylation is 2. The van der Waals surface area contributed by atoms with Gasteiger partial charge in [0, 0.05) is 12.8 Å². The van der Waals surface area contributed by atoms with Gasteiger partial charge in [-0.15, -0.1) is 10.2 Å². The van der Waals surface area contributed by atoms with Crippen molar-refractivity contribution in [1.82, 2.24) is 19.6 Å². The summed E-state index contributed by atoms with van der Waals surface area (Å²) in [6.07, 6.45) is 0. The molecule has 0 aliphatic carbocycles. The molecule has 0 fully saturated rings. The van der Waals surface area contributed by atoms with E-state index in [0.29, 0.717) is 36.4 Å². The van der Waals surface area contributed by atoms with Gasteiger partial charge in [0.1, 0.15) is 6.61 Å². The van der Waals surface area contributed by atoms with Crippen molar-refractivity contribution >= 4 is 17.2 Å². The second-order valence-electron chi connectivity index (χ2n) is 3.89. The fraction of sp³-hybridized carbons (Fsp3) is 0.545. The topological polar surface area (TPSA) is 61.5 Å². The number of methoxy groups -OCH3 is 1. The molecule has 0 aliphatic heterocycles. The molecule has 6 nitrogen and oxygen atoms in total. The fourth-order valence-corrected chi connectivity index (χ4v) is 1.89. The monoisotopic (exact) mass is 270 g/mol. The van der Waals surface area contributed by atoms with Crippen LogP contribution in [0.2, 0.25) is 5.15 Å². The molecule has 0 saturated heterocycles. The predicted molar refractivity (Wildman–Crippen MR) is 66.8 cm³/mol. The highest BCUT2D eigenvalue weighted by Crippen LogP contribution is 2.18. The van der Waals surface area contributed by atoms with E-state index in [2.05, 4.69) is 15.2 Å². The maximum absolute atomic E-state index is 6.04. The Morgan fingerprint density at radius 1 is 1.22 bits per heavy atom. The van der Waals surface area contributed by atoms with Gasteiger partial charge < -0.3 is 9.47 Å². The lowest BCUT2D eigenvalue weighted by Crippen LogP contribution is -2.07. The fourth-order valence-electron chi connectivity index (χ4n) is 1.64.